The summed E-state index contributed by atoms with van der Waals surface area (Å²) < 4.78 is 5.44. The number of anilines is 1. The Labute approximate surface area is 124 Å². The zero-order chi connectivity index (χ0) is 15.2. The van der Waals surface area contributed by atoms with Gasteiger partial charge in [0.15, 0.2) is 0 Å². The Balaban J connectivity index is 2.10. The zero-order valence-corrected chi connectivity index (χ0v) is 12.3. The lowest BCUT2D eigenvalue weighted by atomic mass is 10.1. The summed E-state index contributed by atoms with van der Waals surface area (Å²) in [5.41, 5.74) is 9.02. The van der Waals surface area contributed by atoms with Gasteiger partial charge in [-0.3, -0.25) is 4.79 Å². The molecule has 0 bridgehead atoms. The first-order valence-electron chi connectivity index (χ1n) is 6.91. The predicted molar refractivity (Wildman–Crippen MR) is 84.9 cm³/mol. The van der Waals surface area contributed by atoms with Crippen LogP contribution in [0.5, 0.6) is 5.75 Å². The summed E-state index contributed by atoms with van der Waals surface area (Å²) in [6.45, 7) is 4.93. The van der Waals surface area contributed by atoms with Gasteiger partial charge in [-0.1, -0.05) is 12.1 Å². The lowest BCUT2D eigenvalue weighted by Crippen LogP contribution is -2.13. The van der Waals surface area contributed by atoms with Gasteiger partial charge in [-0.25, -0.2) is 0 Å². The number of benzene rings is 2. The molecule has 4 nitrogen and oxygen atoms in total. The van der Waals surface area contributed by atoms with E-state index in [0.717, 1.165) is 5.56 Å². The van der Waals surface area contributed by atoms with Crippen LogP contribution in [0.4, 0.5) is 5.69 Å². The van der Waals surface area contributed by atoms with Crippen molar-refractivity contribution in [3.05, 3.63) is 59.2 Å². The van der Waals surface area contributed by atoms with Crippen LogP contribution in [0.15, 0.2) is 42.5 Å². The van der Waals surface area contributed by atoms with Crippen molar-refractivity contribution in [3.63, 3.8) is 0 Å². The van der Waals surface area contributed by atoms with Crippen molar-refractivity contribution in [2.45, 2.75) is 13.8 Å². The number of nitrogens with one attached hydrogen (secondary N) is 1. The van der Waals surface area contributed by atoms with E-state index < -0.39 is 0 Å². The topological polar surface area (TPSA) is 64.3 Å². The van der Waals surface area contributed by atoms with Crippen LogP contribution in [0.2, 0.25) is 0 Å². The highest BCUT2D eigenvalue weighted by molar-refractivity contribution is 6.04. The normalized spacial score (nSPS) is 10.2. The van der Waals surface area contributed by atoms with Gasteiger partial charge in [0, 0.05) is 23.9 Å². The fourth-order valence-corrected chi connectivity index (χ4v) is 1.93. The molecule has 0 saturated carbocycles. The number of hydrogen-bond acceptors (Lipinski definition) is 3. The van der Waals surface area contributed by atoms with Crippen LogP contribution in [0.1, 0.15) is 21.5 Å². The van der Waals surface area contributed by atoms with Crippen LogP contribution in [-0.2, 0) is 0 Å². The first-order chi connectivity index (χ1) is 10.1. The van der Waals surface area contributed by atoms with Crippen molar-refractivity contribution in [1.29, 1.82) is 0 Å². The van der Waals surface area contributed by atoms with Gasteiger partial charge in [-0.15, -0.1) is 0 Å². The molecule has 0 heterocycles. The van der Waals surface area contributed by atoms with E-state index in [1.54, 1.807) is 6.07 Å². The Bertz CT molecular complexity index is 638. The molecule has 0 atom stereocenters. The van der Waals surface area contributed by atoms with Crippen molar-refractivity contribution in [2.75, 3.05) is 18.5 Å². The molecule has 0 spiro atoms. The monoisotopic (exact) mass is 284 g/mol. The van der Waals surface area contributed by atoms with E-state index in [2.05, 4.69) is 5.32 Å². The summed E-state index contributed by atoms with van der Waals surface area (Å²) in [5, 5.41) is 2.87. The Kier molecular flexibility index (Phi) is 4.95. The minimum absolute atomic E-state index is 0.130. The molecule has 0 aliphatic heterocycles. The molecule has 0 fully saturated rings. The van der Waals surface area contributed by atoms with Crippen molar-refractivity contribution < 1.29 is 9.53 Å². The lowest BCUT2D eigenvalue weighted by molar-refractivity contribution is 0.102. The number of amides is 1. The standard InChI is InChI=1S/C17H20N2O2/c1-12-6-7-14(10-13(12)2)17(20)19-15-4-3-5-16(11-15)21-9-8-18/h3-7,10-11H,8-9,18H2,1-2H3,(H,19,20). The lowest BCUT2D eigenvalue weighted by Gasteiger charge is -2.09. The van der Waals surface area contributed by atoms with Gasteiger partial charge in [0.2, 0.25) is 0 Å². The van der Waals surface area contributed by atoms with Crippen LogP contribution in [0.25, 0.3) is 0 Å². The van der Waals surface area contributed by atoms with Crippen LogP contribution in [-0.4, -0.2) is 19.1 Å². The molecule has 0 aromatic heterocycles. The summed E-state index contributed by atoms with van der Waals surface area (Å²) in [4.78, 5) is 12.2. The Morgan fingerprint density at radius 2 is 1.95 bits per heavy atom. The minimum Gasteiger partial charge on any atom is -0.492 e. The van der Waals surface area contributed by atoms with Crippen molar-refractivity contribution in [3.8, 4) is 5.75 Å². The predicted octanol–water partition coefficient (Wildman–Crippen LogP) is 2.89. The van der Waals surface area contributed by atoms with Crippen LogP contribution < -0.4 is 15.8 Å². The molecule has 2 aromatic rings. The molecule has 3 N–H and O–H groups in total. The SMILES string of the molecule is Cc1ccc(C(=O)Nc2cccc(OCCN)c2)cc1C. The van der Waals surface area contributed by atoms with Crippen LogP contribution >= 0.6 is 0 Å². The second-order valence-electron chi connectivity index (χ2n) is 4.92. The second kappa shape index (κ2) is 6.90. The fraction of sp³-hybridized carbons (Fsp3) is 0.235. The van der Waals surface area contributed by atoms with Gasteiger partial charge in [0.25, 0.3) is 5.91 Å². The molecule has 2 rings (SSSR count). The van der Waals surface area contributed by atoms with E-state index >= 15 is 0 Å². The molecule has 0 radical (unpaired) electrons. The maximum absolute atomic E-state index is 12.2. The van der Waals surface area contributed by atoms with Crippen LogP contribution in [0.3, 0.4) is 0 Å². The first-order valence-corrected chi connectivity index (χ1v) is 6.91. The molecule has 0 aliphatic rings. The third-order valence-electron chi connectivity index (χ3n) is 3.25. The van der Waals surface area contributed by atoms with Crippen molar-refractivity contribution in [1.82, 2.24) is 0 Å². The maximum atomic E-state index is 12.2. The fourth-order valence-electron chi connectivity index (χ4n) is 1.93. The average molecular weight is 284 g/mol. The van der Waals surface area contributed by atoms with Gasteiger partial charge in [-0.05, 0) is 49.2 Å². The number of ether oxygens (including phenoxy) is 1. The Morgan fingerprint density at radius 3 is 2.67 bits per heavy atom. The second-order valence-corrected chi connectivity index (χ2v) is 4.92. The number of rotatable bonds is 5. The van der Waals surface area contributed by atoms with E-state index in [1.165, 1.54) is 5.56 Å². The number of carbonyl (C=O) groups excluding carboxylic acids is 1. The van der Waals surface area contributed by atoms with Crippen molar-refractivity contribution >= 4 is 11.6 Å². The van der Waals surface area contributed by atoms with Crippen LogP contribution in [0, 0.1) is 13.8 Å². The van der Waals surface area contributed by atoms with Gasteiger partial charge in [0.1, 0.15) is 12.4 Å². The molecule has 0 aliphatic carbocycles. The third kappa shape index (κ3) is 4.07. The molecule has 2 aromatic carbocycles. The van der Waals surface area contributed by atoms with E-state index in [0.29, 0.717) is 30.2 Å². The summed E-state index contributed by atoms with van der Waals surface area (Å²) in [6.07, 6.45) is 0. The quantitative estimate of drug-likeness (QED) is 0.887. The third-order valence-corrected chi connectivity index (χ3v) is 3.25. The largest absolute Gasteiger partial charge is 0.492 e. The summed E-state index contributed by atoms with van der Waals surface area (Å²) in [6, 6.07) is 12.9. The molecule has 21 heavy (non-hydrogen) atoms. The van der Waals surface area contributed by atoms with Gasteiger partial charge >= 0.3 is 0 Å². The highest BCUT2D eigenvalue weighted by atomic mass is 16.5. The van der Waals surface area contributed by atoms with E-state index in [-0.39, 0.29) is 5.91 Å². The molecule has 0 saturated heterocycles. The van der Waals surface area contributed by atoms with Crippen molar-refractivity contribution in [2.24, 2.45) is 5.73 Å². The minimum atomic E-state index is -0.130. The summed E-state index contributed by atoms with van der Waals surface area (Å²) >= 11 is 0. The Morgan fingerprint density at radius 1 is 1.14 bits per heavy atom. The summed E-state index contributed by atoms with van der Waals surface area (Å²) in [7, 11) is 0. The molecular weight excluding hydrogens is 264 g/mol. The zero-order valence-electron chi connectivity index (χ0n) is 12.3. The smallest absolute Gasteiger partial charge is 0.255 e. The van der Waals surface area contributed by atoms with E-state index in [1.807, 2.05) is 50.2 Å². The van der Waals surface area contributed by atoms with Gasteiger partial charge < -0.3 is 15.8 Å². The summed E-state index contributed by atoms with van der Waals surface area (Å²) in [5.74, 6) is 0.562. The van der Waals surface area contributed by atoms with Gasteiger partial charge in [0.05, 0.1) is 0 Å². The molecule has 1 amide bonds. The number of hydrogen-bond donors (Lipinski definition) is 2. The highest BCUT2D eigenvalue weighted by Crippen LogP contribution is 2.18. The highest BCUT2D eigenvalue weighted by Gasteiger charge is 2.07. The first kappa shape index (κ1) is 15.1. The molecule has 0 unspecified atom stereocenters. The average Bonchev–Trinajstić information content (AvgIpc) is 2.48. The maximum Gasteiger partial charge on any atom is 0.255 e. The molecular formula is C17H20N2O2. The molecule has 4 heteroatoms. The van der Waals surface area contributed by atoms with E-state index in [9.17, 15) is 4.79 Å². The van der Waals surface area contributed by atoms with Gasteiger partial charge in [-0.2, -0.15) is 0 Å². The number of carbonyl (C=O) groups is 1. The van der Waals surface area contributed by atoms with E-state index in [4.69, 9.17) is 10.5 Å². The number of nitrogens with two attached hydrogens (primary N) is 1. The molecule has 110 valence electrons. The Hall–Kier alpha value is -2.33. The number of aryl methyl sites for hydroxylation is 2.